The van der Waals surface area contributed by atoms with Crippen LogP contribution >= 0.6 is 0 Å². The summed E-state index contributed by atoms with van der Waals surface area (Å²) in [5.74, 6) is -5.70. The predicted molar refractivity (Wildman–Crippen MR) is 59.7 cm³/mol. The standard InChI is InChI=1S/2C6H3F3O3/c2*1-2-3(6(7,8)9)5(11)12-4(2)10/h2*1H3. The van der Waals surface area contributed by atoms with Crippen molar-refractivity contribution in [3.05, 3.63) is 22.3 Å². The maximum Gasteiger partial charge on any atom is 0.423 e. The average Bonchev–Trinajstić information content (AvgIpc) is 2.75. The van der Waals surface area contributed by atoms with Gasteiger partial charge in [0.1, 0.15) is 0 Å². The fraction of sp³-hybridized carbons (Fsp3) is 0.333. The molecule has 0 aromatic heterocycles. The summed E-state index contributed by atoms with van der Waals surface area (Å²) >= 11 is 0. The highest BCUT2D eigenvalue weighted by Crippen LogP contribution is 2.33. The zero-order chi connectivity index (χ0) is 19.0. The van der Waals surface area contributed by atoms with E-state index in [0.717, 1.165) is 13.8 Å². The van der Waals surface area contributed by atoms with Crippen molar-refractivity contribution in [2.45, 2.75) is 26.2 Å². The number of esters is 4. The van der Waals surface area contributed by atoms with Crippen molar-refractivity contribution in [2.75, 3.05) is 0 Å². The van der Waals surface area contributed by atoms with E-state index in [4.69, 9.17) is 0 Å². The number of alkyl halides is 6. The molecule has 0 aromatic rings. The van der Waals surface area contributed by atoms with Crippen LogP contribution in [0.2, 0.25) is 0 Å². The van der Waals surface area contributed by atoms with E-state index in [0.29, 0.717) is 0 Å². The number of hydrogen-bond acceptors (Lipinski definition) is 6. The van der Waals surface area contributed by atoms with Crippen LogP contribution in [0, 0.1) is 0 Å². The van der Waals surface area contributed by atoms with Gasteiger partial charge in [0.15, 0.2) is 11.1 Å². The Morgan fingerprint density at radius 3 is 0.917 bits per heavy atom. The van der Waals surface area contributed by atoms with Gasteiger partial charge in [0, 0.05) is 0 Å². The van der Waals surface area contributed by atoms with E-state index < -0.39 is 58.5 Å². The summed E-state index contributed by atoms with van der Waals surface area (Å²) in [6.07, 6.45) is -9.62. The van der Waals surface area contributed by atoms with E-state index in [1.807, 2.05) is 0 Å². The molecular weight excluding hydrogens is 354 g/mol. The van der Waals surface area contributed by atoms with Crippen LogP contribution in [0.1, 0.15) is 13.8 Å². The molecule has 0 N–H and O–H groups in total. The maximum atomic E-state index is 11.9. The van der Waals surface area contributed by atoms with Gasteiger partial charge in [0.25, 0.3) is 0 Å². The van der Waals surface area contributed by atoms with Gasteiger partial charge in [-0.3, -0.25) is 0 Å². The van der Waals surface area contributed by atoms with Gasteiger partial charge in [-0.1, -0.05) is 0 Å². The Morgan fingerprint density at radius 1 is 0.583 bits per heavy atom. The Bertz CT molecular complexity index is 634. The quantitative estimate of drug-likeness (QED) is 0.373. The largest absolute Gasteiger partial charge is 0.423 e. The molecule has 0 amide bonds. The van der Waals surface area contributed by atoms with Crippen molar-refractivity contribution in [3.8, 4) is 0 Å². The predicted octanol–water partition coefficient (Wildman–Crippen LogP) is 1.90. The summed E-state index contributed by atoms with van der Waals surface area (Å²) in [6, 6.07) is 0. The smallest absolute Gasteiger partial charge is 0.386 e. The number of cyclic esters (lactones) is 4. The number of rotatable bonds is 0. The normalized spacial score (nSPS) is 18.7. The molecule has 0 fully saturated rings. The van der Waals surface area contributed by atoms with Gasteiger partial charge in [-0.2, -0.15) is 26.3 Å². The van der Waals surface area contributed by atoms with E-state index in [-0.39, 0.29) is 0 Å². The van der Waals surface area contributed by atoms with Crippen LogP contribution in [-0.2, 0) is 28.7 Å². The molecule has 0 atom stereocenters. The molecule has 12 heteroatoms. The molecule has 0 spiro atoms. The highest BCUT2D eigenvalue weighted by atomic mass is 19.4. The van der Waals surface area contributed by atoms with Crippen LogP contribution < -0.4 is 0 Å². The molecule has 0 bridgehead atoms. The van der Waals surface area contributed by atoms with Crippen LogP contribution in [0.15, 0.2) is 22.3 Å². The summed E-state index contributed by atoms with van der Waals surface area (Å²) in [4.78, 5) is 41.7. The monoisotopic (exact) mass is 360 g/mol. The second-order valence-corrected chi connectivity index (χ2v) is 4.35. The lowest BCUT2D eigenvalue weighted by molar-refractivity contribution is -0.157. The van der Waals surface area contributed by atoms with Crippen LogP contribution in [0.4, 0.5) is 26.3 Å². The zero-order valence-electron chi connectivity index (χ0n) is 11.7. The number of carbonyl (C=O) groups excluding carboxylic acids is 4. The summed E-state index contributed by atoms with van der Waals surface area (Å²) in [5.41, 5.74) is -4.39. The summed E-state index contributed by atoms with van der Waals surface area (Å²) in [5, 5.41) is 0. The minimum absolute atomic E-state index is 0.687. The van der Waals surface area contributed by atoms with Gasteiger partial charge in [-0.05, 0) is 13.8 Å². The van der Waals surface area contributed by atoms with E-state index in [9.17, 15) is 45.5 Å². The molecule has 0 aromatic carbocycles. The minimum atomic E-state index is -4.81. The van der Waals surface area contributed by atoms with Gasteiger partial charge in [0.05, 0.1) is 11.1 Å². The van der Waals surface area contributed by atoms with Gasteiger partial charge in [-0.25, -0.2) is 19.2 Å². The Kier molecular flexibility index (Phi) is 4.92. The van der Waals surface area contributed by atoms with Crippen molar-refractivity contribution in [1.29, 1.82) is 0 Å². The molecule has 132 valence electrons. The highest BCUT2D eigenvalue weighted by molar-refractivity contribution is 6.13. The first-order chi connectivity index (χ1) is 10.7. The lowest BCUT2D eigenvalue weighted by Gasteiger charge is -2.03. The minimum Gasteiger partial charge on any atom is -0.386 e. The maximum absolute atomic E-state index is 11.9. The van der Waals surface area contributed by atoms with Crippen LogP contribution in [0.25, 0.3) is 0 Å². The molecule has 6 nitrogen and oxygen atoms in total. The Morgan fingerprint density at radius 2 is 0.833 bits per heavy atom. The van der Waals surface area contributed by atoms with E-state index >= 15 is 0 Å². The SMILES string of the molecule is CC1=C(C(F)(F)F)C(=O)OC1=O.CC1=C(C(F)(F)F)C(=O)OC1=O. The third-order valence-corrected chi connectivity index (χ3v) is 2.71. The average molecular weight is 360 g/mol. The molecule has 2 aliphatic rings. The topological polar surface area (TPSA) is 86.7 Å². The molecule has 2 heterocycles. The van der Waals surface area contributed by atoms with Crippen molar-refractivity contribution in [3.63, 3.8) is 0 Å². The first kappa shape index (κ1) is 19.4. The van der Waals surface area contributed by atoms with E-state index in [1.165, 1.54) is 0 Å². The highest BCUT2D eigenvalue weighted by Gasteiger charge is 2.48. The number of halogens is 6. The molecule has 0 saturated heterocycles. The van der Waals surface area contributed by atoms with Gasteiger partial charge in [0.2, 0.25) is 0 Å². The second kappa shape index (κ2) is 6.09. The molecular formula is C12H6F6O6. The third-order valence-electron chi connectivity index (χ3n) is 2.71. The van der Waals surface area contributed by atoms with Crippen molar-refractivity contribution in [2.24, 2.45) is 0 Å². The molecule has 2 aliphatic heterocycles. The molecule has 0 unspecified atom stereocenters. The number of ether oxygens (including phenoxy) is 2. The Hall–Kier alpha value is -2.66. The number of carbonyl (C=O) groups is 4. The van der Waals surface area contributed by atoms with Gasteiger partial charge >= 0.3 is 36.2 Å². The third kappa shape index (κ3) is 3.81. The Balaban J connectivity index is 0.000000240. The van der Waals surface area contributed by atoms with Crippen LogP contribution in [0.5, 0.6) is 0 Å². The molecule has 2 rings (SSSR count). The van der Waals surface area contributed by atoms with Crippen LogP contribution in [0.3, 0.4) is 0 Å². The Labute approximate surface area is 128 Å². The van der Waals surface area contributed by atoms with Gasteiger partial charge < -0.3 is 9.47 Å². The molecule has 24 heavy (non-hydrogen) atoms. The summed E-state index contributed by atoms with van der Waals surface area (Å²) in [7, 11) is 0. The zero-order valence-corrected chi connectivity index (χ0v) is 11.7. The van der Waals surface area contributed by atoms with E-state index in [1.54, 1.807) is 0 Å². The fourth-order valence-corrected chi connectivity index (χ4v) is 1.59. The van der Waals surface area contributed by atoms with Crippen molar-refractivity contribution in [1.82, 2.24) is 0 Å². The first-order valence-electron chi connectivity index (χ1n) is 5.77. The number of hydrogen-bond donors (Lipinski definition) is 0. The lowest BCUT2D eigenvalue weighted by atomic mass is 10.1. The molecule has 0 saturated carbocycles. The van der Waals surface area contributed by atoms with Crippen LogP contribution in [-0.4, -0.2) is 36.2 Å². The molecule has 0 radical (unpaired) electrons. The van der Waals surface area contributed by atoms with E-state index in [2.05, 4.69) is 9.47 Å². The van der Waals surface area contributed by atoms with Crippen molar-refractivity contribution < 1.29 is 55.0 Å². The molecule has 0 aliphatic carbocycles. The van der Waals surface area contributed by atoms with Crippen molar-refractivity contribution >= 4 is 23.9 Å². The van der Waals surface area contributed by atoms with Gasteiger partial charge in [-0.15, -0.1) is 0 Å². The summed E-state index contributed by atoms with van der Waals surface area (Å²) in [6.45, 7) is 1.80. The second-order valence-electron chi connectivity index (χ2n) is 4.35. The lowest BCUT2D eigenvalue weighted by Crippen LogP contribution is -2.18. The summed E-state index contributed by atoms with van der Waals surface area (Å²) < 4.78 is 79.0. The first-order valence-corrected chi connectivity index (χ1v) is 5.77. The fourth-order valence-electron chi connectivity index (χ4n) is 1.59.